The maximum atomic E-state index is 11.4. The molecule has 1 heterocycles. The minimum absolute atomic E-state index is 0.0449. The van der Waals surface area contributed by atoms with Crippen LogP contribution in [0.1, 0.15) is 12.8 Å². The highest BCUT2D eigenvalue weighted by molar-refractivity contribution is 5.37. The van der Waals surface area contributed by atoms with E-state index < -0.39 is 11.2 Å². The van der Waals surface area contributed by atoms with E-state index in [0.29, 0.717) is 6.54 Å². The number of aromatic nitrogens is 3. The molecule has 0 aliphatic heterocycles. The molecule has 1 fully saturated rings. The Balaban J connectivity index is 2.32. The van der Waals surface area contributed by atoms with E-state index in [4.69, 9.17) is 5.11 Å². The predicted molar refractivity (Wildman–Crippen MR) is 52.9 cm³/mol. The molecule has 1 aromatic rings. The van der Waals surface area contributed by atoms with Crippen LogP contribution >= 0.6 is 0 Å². The molecule has 0 bridgehead atoms. The maximum absolute atomic E-state index is 11.4. The van der Waals surface area contributed by atoms with Crippen molar-refractivity contribution in [3.63, 3.8) is 0 Å². The summed E-state index contributed by atoms with van der Waals surface area (Å²) in [4.78, 5) is 26.0. The Kier molecular flexibility index (Phi) is 2.55. The molecule has 82 valence electrons. The highest BCUT2D eigenvalue weighted by Gasteiger charge is 2.31. The molecule has 1 aliphatic rings. The summed E-state index contributed by atoms with van der Waals surface area (Å²) in [6.07, 6.45) is 1.97. The van der Waals surface area contributed by atoms with E-state index in [1.807, 2.05) is 0 Å². The van der Waals surface area contributed by atoms with E-state index in [-0.39, 0.29) is 18.5 Å². The predicted octanol–water partition coefficient (Wildman–Crippen LogP) is -1.58. The van der Waals surface area contributed by atoms with Gasteiger partial charge >= 0.3 is 5.69 Å². The zero-order valence-corrected chi connectivity index (χ0v) is 8.06. The standard InChI is InChI=1S/C8H12N4O3/c13-4-3-12(5-1-2-5)6-7(14)9-8(15)11-10-6/h5,13H,1-4H2,(H2,9,11,14,15). The largest absolute Gasteiger partial charge is 0.395 e. The van der Waals surface area contributed by atoms with Gasteiger partial charge in [0.15, 0.2) is 0 Å². The molecule has 0 aromatic carbocycles. The second-order valence-electron chi connectivity index (χ2n) is 3.48. The van der Waals surface area contributed by atoms with Crippen molar-refractivity contribution in [3.05, 3.63) is 20.8 Å². The topological polar surface area (TPSA) is 102 Å². The van der Waals surface area contributed by atoms with Crippen molar-refractivity contribution in [1.82, 2.24) is 15.2 Å². The monoisotopic (exact) mass is 212 g/mol. The normalized spacial score (nSPS) is 15.3. The summed E-state index contributed by atoms with van der Waals surface area (Å²) >= 11 is 0. The molecule has 0 saturated heterocycles. The molecule has 15 heavy (non-hydrogen) atoms. The zero-order valence-electron chi connectivity index (χ0n) is 8.06. The molecule has 7 heteroatoms. The molecular weight excluding hydrogens is 200 g/mol. The lowest BCUT2D eigenvalue weighted by molar-refractivity contribution is 0.300. The molecule has 3 N–H and O–H groups in total. The average molecular weight is 212 g/mol. The highest BCUT2D eigenvalue weighted by Crippen LogP contribution is 2.28. The number of hydrogen-bond acceptors (Lipinski definition) is 5. The van der Waals surface area contributed by atoms with Crippen molar-refractivity contribution in [1.29, 1.82) is 0 Å². The third kappa shape index (κ3) is 2.07. The summed E-state index contributed by atoms with van der Waals surface area (Å²) in [7, 11) is 0. The van der Waals surface area contributed by atoms with Gasteiger partial charge in [0.1, 0.15) is 0 Å². The fourth-order valence-electron chi connectivity index (χ4n) is 1.49. The number of nitrogens with zero attached hydrogens (tertiary/aromatic N) is 2. The molecular formula is C8H12N4O3. The number of rotatable bonds is 4. The number of hydrogen-bond donors (Lipinski definition) is 3. The van der Waals surface area contributed by atoms with Gasteiger partial charge in [-0.3, -0.25) is 9.78 Å². The minimum Gasteiger partial charge on any atom is -0.395 e. The number of nitrogens with one attached hydrogen (secondary N) is 2. The van der Waals surface area contributed by atoms with Gasteiger partial charge in [-0.25, -0.2) is 9.89 Å². The van der Waals surface area contributed by atoms with Gasteiger partial charge in [0.25, 0.3) is 5.56 Å². The molecule has 0 radical (unpaired) electrons. The van der Waals surface area contributed by atoms with Crippen molar-refractivity contribution < 1.29 is 5.11 Å². The third-order valence-electron chi connectivity index (χ3n) is 2.29. The fourth-order valence-corrected chi connectivity index (χ4v) is 1.49. The van der Waals surface area contributed by atoms with Crippen LogP contribution in [0.15, 0.2) is 9.59 Å². The Morgan fingerprint density at radius 3 is 2.73 bits per heavy atom. The van der Waals surface area contributed by atoms with Crippen LogP contribution in [0.25, 0.3) is 0 Å². The van der Waals surface area contributed by atoms with Crippen LogP contribution in [0.4, 0.5) is 5.82 Å². The van der Waals surface area contributed by atoms with Gasteiger partial charge in [-0.2, -0.15) is 0 Å². The van der Waals surface area contributed by atoms with Gasteiger partial charge in [0.05, 0.1) is 6.61 Å². The van der Waals surface area contributed by atoms with Crippen molar-refractivity contribution >= 4 is 5.82 Å². The van der Waals surface area contributed by atoms with Crippen LogP contribution in [0.3, 0.4) is 0 Å². The summed E-state index contributed by atoms with van der Waals surface area (Å²) in [6.45, 7) is 0.309. The molecule has 0 amide bonds. The SMILES string of the molecule is O=c1[nH]nc(N(CCO)C2CC2)c(=O)[nH]1. The van der Waals surface area contributed by atoms with E-state index in [9.17, 15) is 9.59 Å². The van der Waals surface area contributed by atoms with Crippen LogP contribution in [-0.4, -0.2) is 39.5 Å². The minimum atomic E-state index is -0.622. The van der Waals surface area contributed by atoms with Gasteiger partial charge in [-0.1, -0.05) is 0 Å². The number of aromatic amines is 2. The average Bonchev–Trinajstić information content (AvgIpc) is 2.98. The van der Waals surface area contributed by atoms with Crippen LogP contribution < -0.4 is 16.1 Å². The Morgan fingerprint density at radius 2 is 2.20 bits per heavy atom. The maximum Gasteiger partial charge on any atom is 0.342 e. The van der Waals surface area contributed by atoms with Crippen LogP contribution in [-0.2, 0) is 0 Å². The van der Waals surface area contributed by atoms with Crippen molar-refractivity contribution in [2.75, 3.05) is 18.1 Å². The third-order valence-corrected chi connectivity index (χ3v) is 2.29. The molecule has 2 rings (SSSR count). The van der Waals surface area contributed by atoms with E-state index >= 15 is 0 Å². The van der Waals surface area contributed by atoms with Gasteiger partial charge < -0.3 is 10.0 Å². The van der Waals surface area contributed by atoms with Gasteiger partial charge in [-0.15, -0.1) is 5.10 Å². The van der Waals surface area contributed by atoms with Crippen molar-refractivity contribution in [3.8, 4) is 0 Å². The van der Waals surface area contributed by atoms with Crippen LogP contribution in [0.5, 0.6) is 0 Å². The fraction of sp³-hybridized carbons (Fsp3) is 0.625. The van der Waals surface area contributed by atoms with Gasteiger partial charge in [0, 0.05) is 12.6 Å². The molecule has 0 spiro atoms. The van der Waals surface area contributed by atoms with Crippen LogP contribution in [0, 0.1) is 0 Å². The lowest BCUT2D eigenvalue weighted by Crippen LogP contribution is -2.37. The first-order valence-corrected chi connectivity index (χ1v) is 4.79. The Bertz CT molecular complexity index is 448. The summed E-state index contributed by atoms with van der Waals surface area (Å²) in [5.74, 6) is 0.172. The number of aliphatic hydroxyl groups is 1. The van der Waals surface area contributed by atoms with E-state index in [0.717, 1.165) is 12.8 Å². The van der Waals surface area contributed by atoms with Crippen LogP contribution in [0.2, 0.25) is 0 Å². The van der Waals surface area contributed by atoms with Crippen molar-refractivity contribution in [2.45, 2.75) is 18.9 Å². The van der Waals surface area contributed by atoms with E-state index in [1.165, 1.54) is 0 Å². The Hall–Kier alpha value is -1.63. The van der Waals surface area contributed by atoms with Crippen molar-refractivity contribution in [2.24, 2.45) is 0 Å². The summed E-state index contributed by atoms with van der Waals surface area (Å²) in [5.41, 5.74) is -1.14. The summed E-state index contributed by atoms with van der Waals surface area (Å²) < 4.78 is 0. The first-order chi connectivity index (χ1) is 7.22. The summed E-state index contributed by atoms with van der Waals surface area (Å²) in [6, 6.07) is 0.261. The highest BCUT2D eigenvalue weighted by atomic mass is 16.3. The second kappa shape index (κ2) is 3.85. The number of aliphatic hydroxyl groups excluding tert-OH is 1. The lowest BCUT2D eigenvalue weighted by atomic mass is 10.4. The number of anilines is 1. The molecule has 0 atom stereocenters. The molecule has 1 aromatic heterocycles. The first-order valence-electron chi connectivity index (χ1n) is 4.79. The Morgan fingerprint density at radius 1 is 1.47 bits per heavy atom. The van der Waals surface area contributed by atoms with E-state index in [1.54, 1.807) is 4.90 Å². The molecule has 1 aliphatic carbocycles. The van der Waals surface area contributed by atoms with Gasteiger partial charge in [-0.05, 0) is 12.8 Å². The Labute approximate surface area is 84.8 Å². The number of H-pyrrole nitrogens is 2. The molecule has 1 saturated carbocycles. The molecule has 0 unspecified atom stereocenters. The summed E-state index contributed by atoms with van der Waals surface area (Å²) in [5, 5.41) is 14.7. The first kappa shape index (κ1) is 9.91. The van der Waals surface area contributed by atoms with E-state index in [2.05, 4.69) is 15.2 Å². The van der Waals surface area contributed by atoms with Gasteiger partial charge in [0.2, 0.25) is 5.82 Å². The quantitative estimate of drug-likeness (QED) is 0.559. The zero-order chi connectivity index (χ0) is 10.8. The smallest absolute Gasteiger partial charge is 0.342 e. The lowest BCUT2D eigenvalue weighted by Gasteiger charge is -2.20. The molecule has 7 nitrogen and oxygen atoms in total. The second-order valence-corrected chi connectivity index (χ2v) is 3.48.